The second kappa shape index (κ2) is 4.79. The molecule has 0 radical (unpaired) electrons. The number of hydrogen-bond donors (Lipinski definition) is 0. The molecule has 0 bridgehead atoms. The molecule has 1 aromatic heterocycles. The number of hydrogen-bond acceptors (Lipinski definition) is 3. The number of esters is 1. The smallest absolute Gasteiger partial charge is 0.450 e. The lowest BCUT2D eigenvalue weighted by Crippen LogP contribution is -2.14. The van der Waals surface area contributed by atoms with Crippen molar-refractivity contribution in [1.82, 2.24) is 0 Å². The SMILES string of the molecule is Cc1cc(C(=O)Oc2ccccc2)c(C(F)(F)F)o1. The molecule has 3 nitrogen and oxygen atoms in total. The number of furan rings is 1. The second-order valence-electron chi connectivity index (χ2n) is 3.80. The molecule has 0 unspecified atom stereocenters. The highest BCUT2D eigenvalue weighted by atomic mass is 19.4. The Bertz CT molecular complexity index is 585. The number of alkyl halides is 3. The molecule has 0 N–H and O–H groups in total. The number of benzene rings is 1. The summed E-state index contributed by atoms with van der Waals surface area (Å²) in [7, 11) is 0. The molecule has 19 heavy (non-hydrogen) atoms. The quantitative estimate of drug-likeness (QED) is 0.615. The van der Waals surface area contributed by atoms with Gasteiger partial charge in [0.25, 0.3) is 0 Å². The molecule has 0 saturated heterocycles. The third kappa shape index (κ3) is 2.96. The van der Waals surface area contributed by atoms with E-state index >= 15 is 0 Å². The zero-order chi connectivity index (χ0) is 14.0. The number of rotatable bonds is 2. The topological polar surface area (TPSA) is 39.4 Å². The molecule has 0 aliphatic rings. The second-order valence-corrected chi connectivity index (χ2v) is 3.80. The molecule has 0 aliphatic heterocycles. The number of carbonyl (C=O) groups is 1. The Labute approximate surface area is 106 Å². The first-order valence-electron chi connectivity index (χ1n) is 5.33. The van der Waals surface area contributed by atoms with Crippen molar-refractivity contribution in [3.05, 3.63) is 53.5 Å². The molecular weight excluding hydrogens is 261 g/mol. The van der Waals surface area contributed by atoms with Crippen LogP contribution in [0.5, 0.6) is 5.75 Å². The van der Waals surface area contributed by atoms with Crippen molar-refractivity contribution in [2.24, 2.45) is 0 Å². The maximum atomic E-state index is 12.7. The van der Waals surface area contributed by atoms with E-state index in [1.807, 2.05) is 0 Å². The lowest BCUT2D eigenvalue weighted by atomic mass is 10.2. The van der Waals surface area contributed by atoms with Crippen LogP contribution in [-0.2, 0) is 6.18 Å². The van der Waals surface area contributed by atoms with E-state index in [0.29, 0.717) is 0 Å². The lowest BCUT2D eigenvalue weighted by Gasteiger charge is -2.06. The van der Waals surface area contributed by atoms with Crippen LogP contribution < -0.4 is 4.74 Å². The van der Waals surface area contributed by atoms with Gasteiger partial charge in [0.1, 0.15) is 17.1 Å². The van der Waals surface area contributed by atoms with Crippen LogP contribution >= 0.6 is 0 Å². The summed E-state index contributed by atoms with van der Waals surface area (Å²) >= 11 is 0. The molecule has 1 heterocycles. The molecule has 0 fully saturated rings. The van der Waals surface area contributed by atoms with Crippen molar-refractivity contribution >= 4 is 5.97 Å². The minimum Gasteiger partial charge on any atom is -0.456 e. The van der Waals surface area contributed by atoms with E-state index < -0.39 is 23.5 Å². The van der Waals surface area contributed by atoms with Gasteiger partial charge in [0.15, 0.2) is 0 Å². The molecule has 1 aromatic carbocycles. The summed E-state index contributed by atoms with van der Waals surface area (Å²) in [5.74, 6) is -2.28. The monoisotopic (exact) mass is 270 g/mol. The van der Waals surface area contributed by atoms with Gasteiger partial charge < -0.3 is 9.15 Å². The first-order chi connectivity index (χ1) is 8.88. The van der Waals surface area contributed by atoms with Crippen LogP contribution in [0.3, 0.4) is 0 Å². The molecule has 2 rings (SSSR count). The molecule has 0 spiro atoms. The standard InChI is InChI=1S/C13H9F3O3/c1-8-7-10(11(18-8)13(14,15)16)12(17)19-9-5-3-2-4-6-9/h2-7H,1H3. The molecule has 6 heteroatoms. The summed E-state index contributed by atoms with van der Waals surface area (Å²) in [5, 5.41) is 0. The zero-order valence-corrected chi connectivity index (χ0v) is 9.82. The Balaban J connectivity index is 2.30. The molecule has 0 saturated carbocycles. The Morgan fingerprint density at radius 3 is 2.42 bits per heavy atom. The van der Waals surface area contributed by atoms with Crippen molar-refractivity contribution in [1.29, 1.82) is 0 Å². The molecule has 0 aliphatic carbocycles. The van der Waals surface area contributed by atoms with Crippen LogP contribution in [-0.4, -0.2) is 5.97 Å². The van der Waals surface area contributed by atoms with Crippen molar-refractivity contribution in [3.63, 3.8) is 0 Å². The molecule has 0 atom stereocenters. The molecular formula is C13H9F3O3. The first kappa shape index (κ1) is 13.2. The fraction of sp³-hybridized carbons (Fsp3) is 0.154. The van der Waals surface area contributed by atoms with Crippen molar-refractivity contribution < 1.29 is 27.1 Å². The fourth-order valence-corrected chi connectivity index (χ4v) is 1.53. The number of aryl methyl sites for hydroxylation is 1. The Kier molecular flexibility index (Phi) is 3.33. The maximum Gasteiger partial charge on any atom is 0.450 e. The van der Waals surface area contributed by atoms with Gasteiger partial charge in [0, 0.05) is 0 Å². The maximum absolute atomic E-state index is 12.7. The third-order valence-corrected chi connectivity index (χ3v) is 2.29. The minimum absolute atomic E-state index is 0.00710. The van der Waals surface area contributed by atoms with E-state index in [4.69, 9.17) is 4.74 Å². The average Bonchev–Trinajstić information content (AvgIpc) is 2.72. The summed E-state index contributed by atoms with van der Waals surface area (Å²) in [6.45, 7) is 1.33. The molecule has 2 aromatic rings. The lowest BCUT2D eigenvalue weighted by molar-refractivity contribution is -0.153. The third-order valence-electron chi connectivity index (χ3n) is 2.29. The van der Waals surface area contributed by atoms with E-state index in [9.17, 15) is 18.0 Å². The Morgan fingerprint density at radius 1 is 1.21 bits per heavy atom. The van der Waals surface area contributed by atoms with Gasteiger partial charge in [-0.1, -0.05) is 18.2 Å². The van der Waals surface area contributed by atoms with Crippen molar-refractivity contribution in [2.45, 2.75) is 13.1 Å². The van der Waals surface area contributed by atoms with Gasteiger partial charge in [0.05, 0.1) is 0 Å². The van der Waals surface area contributed by atoms with Gasteiger partial charge in [-0.15, -0.1) is 0 Å². The van der Waals surface area contributed by atoms with Crippen LogP contribution in [0.1, 0.15) is 21.9 Å². The van der Waals surface area contributed by atoms with Crippen LogP contribution in [0.25, 0.3) is 0 Å². The van der Waals surface area contributed by atoms with Gasteiger partial charge in [-0.3, -0.25) is 0 Å². The highest BCUT2D eigenvalue weighted by Gasteiger charge is 2.40. The van der Waals surface area contributed by atoms with Gasteiger partial charge in [0.2, 0.25) is 5.76 Å². The summed E-state index contributed by atoms with van der Waals surface area (Å²) in [4.78, 5) is 11.7. The Hall–Kier alpha value is -2.24. The fourth-order valence-electron chi connectivity index (χ4n) is 1.53. The average molecular weight is 270 g/mol. The summed E-state index contributed by atoms with van der Waals surface area (Å²) in [5.41, 5.74) is -0.631. The summed E-state index contributed by atoms with van der Waals surface area (Å²) < 4.78 is 47.3. The van der Waals surface area contributed by atoms with E-state index in [1.165, 1.54) is 19.1 Å². The van der Waals surface area contributed by atoms with E-state index in [-0.39, 0.29) is 11.5 Å². The normalized spacial score (nSPS) is 11.4. The predicted octanol–water partition coefficient (Wildman–Crippen LogP) is 3.83. The summed E-state index contributed by atoms with van der Waals surface area (Å²) in [6.07, 6.45) is -4.74. The zero-order valence-electron chi connectivity index (χ0n) is 9.82. The highest BCUT2D eigenvalue weighted by molar-refractivity contribution is 5.92. The van der Waals surface area contributed by atoms with Gasteiger partial charge in [-0.2, -0.15) is 13.2 Å². The summed E-state index contributed by atoms with van der Waals surface area (Å²) in [6, 6.07) is 8.85. The molecule has 0 amide bonds. The Morgan fingerprint density at radius 2 is 1.84 bits per heavy atom. The van der Waals surface area contributed by atoms with Gasteiger partial charge in [-0.25, -0.2) is 4.79 Å². The van der Waals surface area contributed by atoms with E-state index in [0.717, 1.165) is 6.07 Å². The number of carbonyl (C=O) groups excluding carboxylic acids is 1. The van der Waals surface area contributed by atoms with Crippen molar-refractivity contribution in [3.8, 4) is 5.75 Å². The number of ether oxygens (including phenoxy) is 1. The number of para-hydroxylation sites is 1. The van der Waals surface area contributed by atoms with Crippen LogP contribution in [0, 0.1) is 6.92 Å². The van der Waals surface area contributed by atoms with Gasteiger partial charge >= 0.3 is 12.1 Å². The number of halogens is 3. The first-order valence-corrected chi connectivity index (χ1v) is 5.33. The van der Waals surface area contributed by atoms with Gasteiger partial charge in [-0.05, 0) is 25.1 Å². The minimum atomic E-state index is -4.74. The van der Waals surface area contributed by atoms with Crippen molar-refractivity contribution in [2.75, 3.05) is 0 Å². The van der Waals surface area contributed by atoms with Crippen LogP contribution in [0.4, 0.5) is 13.2 Å². The highest BCUT2D eigenvalue weighted by Crippen LogP contribution is 2.34. The van der Waals surface area contributed by atoms with Crippen LogP contribution in [0.2, 0.25) is 0 Å². The predicted molar refractivity (Wildman–Crippen MR) is 59.8 cm³/mol. The van der Waals surface area contributed by atoms with E-state index in [2.05, 4.69) is 4.42 Å². The van der Waals surface area contributed by atoms with Crippen LogP contribution in [0.15, 0.2) is 40.8 Å². The largest absolute Gasteiger partial charge is 0.456 e. The molecule has 100 valence electrons. The van der Waals surface area contributed by atoms with E-state index in [1.54, 1.807) is 18.2 Å².